The van der Waals surface area contributed by atoms with Crippen molar-refractivity contribution in [3.05, 3.63) is 99.6 Å². The summed E-state index contributed by atoms with van der Waals surface area (Å²) in [7, 11) is -6.95. The molecule has 24 nitrogen and oxygen atoms in total. The number of benzene rings is 3. The van der Waals surface area contributed by atoms with Crippen molar-refractivity contribution < 1.29 is 65.9 Å². The topological polar surface area (TPSA) is 357 Å². The van der Waals surface area contributed by atoms with Gasteiger partial charge in [0.25, 0.3) is 11.4 Å². The van der Waals surface area contributed by atoms with Crippen LogP contribution in [0.3, 0.4) is 0 Å². The molecule has 0 spiro atoms. The van der Waals surface area contributed by atoms with Gasteiger partial charge in [-0.1, -0.05) is 18.2 Å². The Morgan fingerprint density at radius 3 is 2.23 bits per heavy atom. The first-order valence-corrected chi connectivity index (χ1v) is 30.9. The Labute approximate surface area is 471 Å². The van der Waals surface area contributed by atoms with E-state index in [9.17, 15) is 65.9 Å². The van der Waals surface area contributed by atoms with Crippen LogP contribution in [0.25, 0.3) is 21.9 Å². The van der Waals surface area contributed by atoms with Crippen LogP contribution in [0, 0.1) is 11.8 Å². The van der Waals surface area contributed by atoms with Crippen LogP contribution in [0.4, 0.5) is 0 Å². The Hall–Kier alpha value is -7.60. The highest BCUT2D eigenvalue weighted by atomic mass is 32.2. The van der Waals surface area contributed by atoms with Gasteiger partial charge in [-0.15, -0.1) is 0 Å². The molecule has 5 atom stereocenters. The van der Waals surface area contributed by atoms with E-state index in [4.69, 9.17) is 5.73 Å². The van der Waals surface area contributed by atoms with Gasteiger partial charge in [0.1, 0.15) is 23.8 Å². The van der Waals surface area contributed by atoms with Crippen molar-refractivity contribution >= 4 is 92.0 Å². The second kappa shape index (κ2) is 24.1. The van der Waals surface area contributed by atoms with E-state index >= 15 is 4.79 Å². The zero-order chi connectivity index (χ0) is 58.9. The minimum absolute atomic E-state index is 0.0779. The van der Waals surface area contributed by atoms with Crippen LogP contribution < -0.4 is 27.4 Å². The van der Waals surface area contributed by atoms with Crippen molar-refractivity contribution in [2.75, 3.05) is 19.3 Å². The van der Waals surface area contributed by atoms with E-state index in [2.05, 4.69) is 20.9 Å². The number of Topliss-reactive ketones (excluding diaryl/α,β-unsaturated/α-hetero) is 1. The normalized spacial score (nSPS) is 22.0. The first-order chi connectivity index (χ1) is 38.8. The lowest BCUT2D eigenvalue weighted by Gasteiger charge is -2.40. The maximum atomic E-state index is 15.1. The molecule has 1 saturated carbocycles. The molecule has 1 unspecified atom stereocenters. The molecule has 4 fully saturated rings. The Morgan fingerprint density at radius 1 is 0.829 bits per heavy atom. The second-order valence-corrected chi connectivity index (χ2v) is 25.6. The number of carbonyl (C=O) groups excluding carboxylic acids is 9. The lowest BCUT2D eigenvalue weighted by molar-refractivity contribution is -0.147. The fourth-order valence-corrected chi connectivity index (χ4v) is 13.2. The number of nitrogens with zero attached hydrogens (tertiary/aromatic N) is 4. The molecule has 3 saturated heterocycles. The van der Waals surface area contributed by atoms with Crippen molar-refractivity contribution in [3.8, 4) is 0 Å². The van der Waals surface area contributed by atoms with E-state index in [1.165, 1.54) is 50.4 Å². The van der Waals surface area contributed by atoms with Gasteiger partial charge in [0.15, 0.2) is 15.6 Å². The van der Waals surface area contributed by atoms with Gasteiger partial charge in [0.2, 0.25) is 35.4 Å². The van der Waals surface area contributed by atoms with Crippen molar-refractivity contribution in [2.45, 2.75) is 131 Å². The van der Waals surface area contributed by atoms with Gasteiger partial charge in [-0.05, 0) is 143 Å². The van der Waals surface area contributed by atoms with Crippen LogP contribution in [0.2, 0.25) is 0 Å². The minimum atomic E-state index is -5.14. The molecule has 0 radical (unpaired) electrons. The number of aromatic nitrogens is 3. The zero-order valence-corrected chi connectivity index (χ0v) is 47.0. The smallest absolute Gasteiger partial charge is 0.370 e. The highest BCUT2D eigenvalue weighted by Crippen LogP contribution is 2.40. The molecule has 436 valence electrons. The van der Waals surface area contributed by atoms with Gasteiger partial charge in [0.05, 0.1) is 22.0 Å². The lowest BCUT2D eigenvalue weighted by atomic mass is 9.79. The molecule has 2 aromatic heterocycles. The second-order valence-electron chi connectivity index (χ2n) is 22.1. The van der Waals surface area contributed by atoms with Gasteiger partial charge in [-0.25, -0.2) is 13.2 Å². The Bertz CT molecular complexity index is 3630. The summed E-state index contributed by atoms with van der Waals surface area (Å²) in [5, 5.41) is 8.14. The van der Waals surface area contributed by atoms with E-state index in [0.29, 0.717) is 54.2 Å². The molecular formula is C56H66N9O15PS. The average Bonchev–Trinajstić information content (AvgIpc) is 4.36. The third kappa shape index (κ3) is 13.0. The number of nitrogens with two attached hydrogens (primary N) is 1. The fourth-order valence-electron chi connectivity index (χ4n) is 12.1. The van der Waals surface area contributed by atoms with E-state index < -0.39 is 94.4 Å². The number of imidazole rings is 1. The number of carbonyl (C=O) groups is 9. The zero-order valence-electron chi connectivity index (χ0n) is 45.3. The summed E-state index contributed by atoms with van der Waals surface area (Å²) in [5.41, 5.74) is 6.59. The molecule has 3 aliphatic heterocycles. The SMILES string of the molecule is Cn1c(=O)n(C2CCC(=O)NC2=O)c2ccc(CCC3CCC(C(=O)N4CC[C@H]5CC[C@@H](C(=O)N[C@@H](CCC(N)=O)C(=O)CCc6ccc(S(C)(=O)=O)cc6)N5C(=O)[C@@H](NC(=O)c5cc6cc(C(=O)P(=O)(O)O)ccc6[nH]5)C4)CC3)cc21. The number of aryl methyl sites for hydroxylation is 3. The summed E-state index contributed by atoms with van der Waals surface area (Å²) in [4.78, 5) is 159. The number of hydrogen-bond donors (Lipinski definition) is 7. The number of H-pyrrole nitrogens is 1. The van der Waals surface area contributed by atoms with E-state index in [0.717, 1.165) is 31.1 Å². The number of sulfone groups is 1. The Balaban J connectivity index is 0.891. The molecule has 82 heavy (non-hydrogen) atoms. The number of rotatable bonds is 19. The minimum Gasteiger partial charge on any atom is -0.370 e. The van der Waals surface area contributed by atoms with Gasteiger partial charge >= 0.3 is 13.3 Å². The summed E-state index contributed by atoms with van der Waals surface area (Å²) in [6.07, 6.45) is 6.12. The number of ketones is 1. The van der Waals surface area contributed by atoms with Gasteiger partial charge in [-0.2, -0.15) is 0 Å². The molecule has 26 heteroatoms. The standard InChI is InChI=1S/C56H66N9O15PS/c1-62-46-27-33(9-19-43(46)65(56(62)75)45-21-24-49(68)61-52(45)71)4-3-31-5-11-34(12-6-31)53(72)63-26-25-37-14-20-44(51(70)59-40(18-23-48(57)67)47(66)22-10-32-7-15-38(16-8-32)82(2,79)80)64(37)54(73)42(30-63)60-50(69)41-29-36-28-35(13-17-39(36)58-41)55(74)81(76,77)78/h7-9,13,15-17,19,27-29,31,34,37,40,42,44-45,58H,3-6,10-12,14,18,20-26,30H2,1-2H3,(H2,57,67)(H,59,70)(H,60,69)(H,61,68,71)(H2,76,77,78)/t31?,34?,37-,40+,42+,44+,45?/m1/s1. The summed E-state index contributed by atoms with van der Waals surface area (Å²) in [6.45, 7) is -0.0823. The molecule has 0 bridgehead atoms. The van der Waals surface area contributed by atoms with Crippen LogP contribution in [-0.4, -0.2) is 138 Å². The Kier molecular flexibility index (Phi) is 17.3. The Morgan fingerprint density at radius 2 is 1.55 bits per heavy atom. The number of amides is 7. The van der Waals surface area contributed by atoms with Crippen molar-refractivity contribution in [2.24, 2.45) is 24.6 Å². The summed E-state index contributed by atoms with van der Waals surface area (Å²) < 4.78 is 38.7. The highest BCUT2D eigenvalue weighted by molar-refractivity contribution is 7.90. The van der Waals surface area contributed by atoms with Crippen LogP contribution in [0.1, 0.15) is 121 Å². The van der Waals surface area contributed by atoms with Crippen LogP contribution in [-0.2, 0) is 67.9 Å². The van der Waals surface area contributed by atoms with Gasteiger partial charge in [0, 0.05) is 74.1 Å². The molecule has 7 amide bonds. The number of fused-ring (bicyclic) bond motifs is 3. The summed E-state index contributed by atoms with van der Waals surface area (Å²) >= 11 is 0. The molecule has 4 aliphatic rings. The van der Waals surface area contributed by atoms with E-state index in [-0.39, 0.29) is 103 Å². The van der Waals surface area contributed by atoms with Crippen LogP contribution >= 0.6 is 7.60 Å². The largest absolute Gasteiger partial charge is 0.396 e. The number of piperidine rings is 1. The summed E-state index contributed by atoms with van der Waals surface area (Å²) in [6, 6.07) is 11.8. The predicted molar refractivity (Wildman–Crippen MR) is 296 cm³/mol. The third-order valence-electron chi connectivity index (χ3n) is 16.6. The number of nitrogens with one attached hydrogen (secondary N) is 4. The number of hydrogen-bond acceptors (Lipinski definition) is 13. The fraction of sp³-hybridized carbons (Fsp3) is 0.464. The molecule has 8 N–H and O–H groups in total. The average molecular weight is 1170 g/mol. The maximum absolute atomic E-state index is 15.1. The maximum Gasteiger partial charge on any atom is 0.396 e. The molecule has 5 heterocycles. The van der Waals surface area contributed by atoms with Crippen LogP contribution in [0.15, 0.2) is 76.4 Å². The van der Waals surface area contributed by atoms with Crippen LogP contribution in [0.5, 0.6) is 0 Å². The first kappa shape index (κ1) is 59.0. The van der Waals surface area contributed by atoms with E-state index in [1.54, 1.807) is 24.1 Å². The number of primary amides is 1. The van der Waals surface area contributed by atoms with Gasteiger partial charge in [-0.3, -0.25) is 62.2 Å². The highest BCUT2D eigenvalue weighted by Gasteiger charge is 2.47. The predicted octanol–water partition coefficient (Wildman–Crippen LogP) is 2.60. The monoisotopic (exact) mass is 1170 g/mol. The van der Waals surface area contributed by atoms with Crippen molar-refractivity contribution in [3.63, 3.8) is 0 Å². The lowest BCUT2D eigenvalue weighted by Crippen LogP contribution is -2.62. The van der Waals surface area contributed by atoms with Gasteiger partial charge < -0.3 is 40.9 Å². The molecular weight excluding hydrogens is 1100 g/mol. The molecule has 3 aromatic carbocycles. The quantitative estimate of drug-likeness (QED) is 0.0462. The first-order valence-electron chi connectivity index (χ1n) is 27.4. The number of aromatic amines is 1. The van der Waals surface area contributed by atoms with Crippen molar-refractivity contribution in [1.29, 1.82) is 0 Å². The number of imide groups is 1. The summed E-state index contributed by atoms with van der Waals surface area (Å²) in [5.74, 6) is -4.43. The molecule has 1 aliphatic carbocycles. The third-order valence-corrected chi connectivity index (χ3v) is 18.5. The van der Waals surface area contributed by atoms with E-state index in [1.807, 2.05) is 18.2 Å². The van der Waals surface area contributed by atoms with Crippen molar-refractivity contribution in [1.82, 2.24) is 39.9 Å². The molecule has 5 aromatic rings. The molecule has 9 rings (SSSR count).